The van der Waals surface area contributed by atoms with Gasteiger partial charge in [0.05, 0.1) is 6.54 Å². The van der Waals surface area contributed by atoms with E-state index in [0.29, 0.717) is 23.5 Å². The van der Waals surface area contributed by atoms with E-state index in [0.717, 1.165) is 39.2 Å². The monoisotopic (exact) mass is 479 g/mol. The number of aromatic nitrogens is 4. The molecule has 37 heavy (non-hydrogen) atoms. The van der Waals surface area contributed by atoms with Gasteiger partial charge in [0, 0.05) is 11.1 Å². The largest absolute Gasteiger partial charge is 0.382 e. The summed E-state index contributed by atoms with van der Waals surface area (Å²) in [7, 11) is 0. The Hall–Kier alpha value is -5.03. The smallest absolute Gasteiger partial charge is 0.166 e. The van der Waals surface area contributed by atoms with Crippen LogP contribution in [0.3, 0.4) is 0 Å². The Morgan fingerprint density at radius 2 is 1.08 bits per heavy atom. The first-order chi connectivity index (χ1) is 18.3. The number of rotatable bonds is 6. The average Bonchev–Trinajstić information content (AvgIpc) is 3.32. The first kappa shape index (κ1) is 22.4. The van der Waals surface area contributed by atoms with Crippen molar-refractivity contribution in [1.29, 1.82) is 0 Å². The van der Waals surface area contributed by atoms with Crippen LogP contribution in [-0.2, 0) is 6.54 Å². The third kappa shape index (κ3) is 4.39. The minimum atomic E-state index is 0.367. The predicted octanol–water partition coefficient (Wildman–Crippen LogP) is 6.46. The number of nitrogens with zero attached hydrogens (tertiary/aromatic N) is 4. The number of fused-ring (bicyclic) bond motifs is 1. The molecule has 0 saturated carbocycles. The zero-order valence-electron chi connectivity index (χ0n) is 20.2. The van der Waals surface area contributed by atoms with Crippen molar-refractivity contribution in [2.24, 2.45) is 0 Å². The second-order valence-corrected chi connectivity index (χ2v) is 8.79. The van der Waals surface area contributed by atoms with Crippen LogP contribution in [0.1, 0.15) is 28.1 Å². The van der Waals surface area contributed by atoms with Gasteiger partial charge in [0.1, 0.15) is 12.2 Å². The molecule has 0 amide bonds. The molecular weight excluding hydrogens is 454 g/mol. The average molecular weight is 480 g/mol. The van der Waals surface area contributed by atoms with Gasteiger partial charge >= 0.3 is 0 Å². The maximum atomic E-state index is 6.33. The van der Waals surface area contributed by atoms with Gasteiger partial charge in [-0.25, -0.2) is 15.0 Å². The summed E-state index contributed by atoms with van der Waals surface area (Å²) in [6.45, 7) is 0.594. The van der Waals surface area contributed by atoms with Crippen LogP contribution < -0.4 is 5.73 Å². The molecule has 6 aromatic rings. The highest BCUT2D eigenvalue weighted by Crippen LogP contribution is 2.38. The van der Waals surface area contributed by atoms with E-state index in [-0.39, 0.29) is 0 Å². The summed E-state index contributed by atoms with van der Waals surface area (Å²) in [6.07, 6.45) is 1.51. The lowest BCUT2D eigenvalue weighted by Gasteiger charge is -2.18. The van der Waals surface area contributed by atoms with Crippen LogP contribution in [0.25, 0.3) is 22.3 Å². The molecule has 0 unspecified atom stereocenters. The third-order valence-corrected chi connectivity index (χ3v) is 6.40. The van der Waals surface area contributed by atoms with Crippen molar-refractivity contribution < 1.29 is 0 Å². The quantitative estimate of drug-likeness (QED) is 0.278. The van der Waals surface area contributed by atoms with Crippen molar-refractivity contribution in [2.45, 2.75) is 6.54 Å². The fraction of sp³-hybridized carbons (Fsp3) is 0.0312. The van der Waals surface area contributed by atoms with E-state index in [4.69, 9.17) is 10.7 Å². The molecular formula is C32H25N5. The second kappa shape index (κ2) is 9.91. The molecule has 0 aliphatic heterocycles. The highest BCUT2D eigenvalue weighted by Gasteiger charge is 2.24. The van der Waals surface area contributed by atoms with Gasteiger partial charge in [-0.3, -0.25) is 0 Å². The van der Waals surface area contributed by atoms with Gasteiger partial charge in [-0.1, -0.05) is 121 Å². The number of imidazole rings is 1. The molecule has 0 fully saturated rings. The van der Waals surface area contributed by atoms with Gasteiger partial charge in [0.25, 0.3) is 0 Å². The number of nitrogens with two attached hydrogens (primary N) is 1. The molecule has 5 nitrogen and oxygen atoms in total. The summed E-state index contributed by atoms with van der Waals surface area (Å²) >= 11 is 0. The molecule has 0 bridgehead atoms. The lowest BCUT2D eigenvalue weighted by atomic mass is 9.89. The number of hydrogen-bond acceptors (Lipinski definition) is 4. The molecule has 0 aliphatic rings. The zero-order valence-corrected chi connectivity index (χ0v) is 20.2. The highest BCUT2D eigenvalue weighted by atomic mass is 15.2. The first-order valence-electron chi connectivity index (χ1n) is 12.2. The molecule has 2 heterocycles. The van der Waals surface area contributed by atoms with E-state index < -0.39 is 0 Å². The van der Waals surface area contributed by atoms with Gasteiger partial charge in [-0.2, -0.15) is 0 Å². The van der Waals surface area contributed by atoms with Crippen molar-refractivity contribution in [2.75, 3.05) is 5.73 Å². The van der Waals surface area contributed by atoms with E-state index in [2.05, 4.69) is 99.5 Å². The SMILES string of the molecule is Nc1ncnc2c1nc(C(=C(c1ccccc1)c1ccccc1)c1ccccc1)n2Cc1ccccc1. The Labute approximate surface area is 215 Å². The Balaban J connectivity index is 1.74. The molecule has 0 saturated heterocycles. The van der Waals surface area contributed by atoms with Crippen molar-refractivity contribution in [3.05, 3.63) is 156 Å². The summed E-state index contributed by atoms with van der Waals surface area (Å²) in [4.78, 5) is 14.0. The summed E-state index contributed by atoms with van der Waals surface area (Å²) in [5.74, 6) is 1.16. The summed E-state index contributed by atoms with van der Waals surface area (Å²) in [6, 6.07) is 41.6. The van der Waals surface area contributed by atoms with Crippen LogP contribution >= 0.6 is 0 Å². The predicted molar refractivity (Wildman–Crippen MR) is 150 cm³/mol. The summed E-state index contributed by atoms with van der Waals surface area (Å²) in [5.41, 5.74) is 14.1. The third-order valence-electron chi connectivity index (χ3n) is 6.40. The van der Waals surface area contributed by atoms with Crippen LogP contribution in [0.4, 0.5) is 5.82 Å². The molecule has 0 atom stereocenters. The van der Waals surface area contributed by atoms with E-state index in [9.17, 15) is 0 Å². The van der Waals surface area contributed by atoms with E-state index in [1.807, 2.05) is 36.4 Å². The van der Waals surface area contributed by atoms with Crippen LogP contribution in [-0.4, -0.2) is 19.5 Å². The van der Waals surface area contributed by atoms with Crippen molar-refractivity contribution >= 4 is 28.1 Å². The van der Waals surface area contributed by atoms with Crippen molar-refractivity contribution in [3.63, 3.8) is 0 Å². The van der Waals surface area contributed by atoms with Crippen LogP contribution in [0, 0.1) is 0 Å². The fourth-order valence-corrected chi connectivity index (χ4v) is 4.72. The van der Waals surface area contributed by atoms with Crippen LogP contribution in [0.5, 0.6) is 0 Å². The van der Waals surface area contributed by atoms with Crippen LogP contribution in [0.2, 0.25) is 0 Å². The number of nitrogen functional groups attached to an aromatic ring is 1. The Kier molecular flexibility index (Phi) is 6.01. The van der Waals surface area contributed by atoms with Gasteiger partial charge in [-0.05, 0) is 22.3 Å². The number of hydrogen-bond donors (Lipinski definition) is 1. The van der Waals surface area contributed by atoms with Gasteiger partial charge in [0.15, 0.2) is 17.0 Å². The topological polar surface area (TPSA) is 69.6 Å². The zero-order chi connectivity index (χ0) is 25.0. The van der Waals surface area contributed by atoms with E-state index in [1.165, 1.54) is 6.33 Å². The molecule has 2 N–H and O–H groups in total. The van der Waals surface area contributed by atoms with E-state index >= 15 is 0 Å². The highest BCUT2D eigenvalue weighted by molar-refractivity contribution is 6.04. The minimum absolute atomic E-state index is 0.367. The Bertz CT molecular complexity index is 1630. The normalized spacial score (nSPS) is 10.9. The first-order valence-corrected chi connectivity index (χ1v) is 12.2. The van der Waals surface area contributed by atoms with Gasteiger partial charge < -0.3 is 10.3 Å². The number of anilines is 1. The maximum absolute atomic E-state index is 6.33. The Morgan fingerprint density at radius 3 is 1.62 bits per heavy atom. The molecule has 2 aromatic heterocycles. The Morgan fingerprint density at radius 1 is 0.595 bits per heavy atom. The molecule has 178 valence electrons. The lowest BCUT2D eigenvalue weighted by Crippen LogP contribution is -2.08. The summed E-state index contributed by atoms with van der Waals surface area (Å²) < 4.78 is 2.15. The molecule has 4 aromatic carbocycles. The van der Waals surface area contributed by atoms with Crippen molar-refractivity contribution in [1.82, 2.24) is 19.5 Å². The molecule has 0 spiro atoms. The van der Waals surface area contributed by atoms with Gasteiger partial charge in [-0.15, -0.1) is 0 Å². The second-order valence-electron chi connectivity index (χ2n) is 8.79. The minimum Gasteiger partial charge on any atom is -0.382 e. The van der Waals surface area contributed by atoms with Gasteiger partial charge in [0.2, 0.25) is 0 Å². The molecule has 0 radical (unpaired) electrons. The molecule has 0 aliphatic carbocycles. The lowest BCUT2D eigenvalue weighted by molar-refractivity contribution is 0.799. The fourth-order valence-electron chi connectivity index (χ4n) is 4.72. The summed E-state index contributed by atoms with van der Waals surface area (Å²) in [5, 5.41) is 0. The standard InChI is InChI=1S/C32H25N5/c33-30-29-32(35-22-34-30)37(21-23-13-5-1-6-14-23)31(36-29)28(26-19-11-4-12-20-26)27(24-15-7-2-8-16-24)25-17-9-3-10-18-25/h1-20,22H,21H2,(H2,33,34,35). The molecule has 6 rings (SSSR count). The molecule has 5 heteroatoms. The maximum Gasteiger partial charge on any atom is 0.166 e. The van der Waals surface area contributed by atoms with Crippen molar-refractivity contribution in [3.8, 4) is 0 Å². The van der Waals surface area contributed by atoms with E-state index in [1.54, 1.807) is 0 Å². The van der Waals surface area contributed by atoms with Crippen LogP contribution in [0.15, 0.2) is 128 Å². The number of benzene rings is 4.